The zero-order valence-electron chi connectivity index (χ0n) is 17.2. The number of amides is 3. The minimum atomic E-state index is -1.37. The van der Waals surface area contributed by atoms with Crippen LogP contribution in [0.4, 0.5) is 0 Å². The molecule has 0 bridgehead atoms. The van der Waals surface area contributed by atoms with E-state index in [9.17, 15) is 29.4 Å². The number of aliphatic hydroxyl groups is 1. The molecule has 14 heteroatoms. The van der Waals surface area contributed by atoms with Gasteiger partial charge in [-0.1, -0.05) is 0 Å². The Morgan fingerprint density at radius 1 is 1.03 bits per heavy atom. The van der Waals surface area contributed by atoms with Crippen molar-refractivity contribution in [1.29, 1.82) is 0 Å². The number of nitrogens with zero attached hydrogens (tertiary/aromatic N) is 2. The molecule has 2 rings (SSSR count). The first-order valence-corrected chi connectivity index (χ1v) is 9.65. The molecule has 0 spiro atoms. The standard InChI is InChI=1S/C18H26N8O6/c1-9(27)15(26-16(29)12(19)2-10-4-20-7-23-10)17(30)22-6-14(28)25-13(18(31)32)3-11-5-21-8-24-11/h4-5,7-9,12-13,15,27H,2-3,6,19H2,1H3,(H,20,23)(H,21,24)(H,22,30)(H,25,28)(H,26,29)(H,31,32). The maximum absolute atomic E-state index is 12.4. The third kappa shape index (κ3) is 7.48. The average molecular weight is 450 g/mol. The lowest BCUT2D eigenvalue weighted by molar-refractivity contribution is -0.141. The van der Waals surface area contributed by atoms with Crippen LogP contribution in [0.1, 0.15) is 18.3 Å². The topological polar surface area (TPSA) is 228 Å². The van der Waals surface area contributed by atoms with Crippen LogP contribution in [0, 0.1) is 0 Å². The molecule has 9 N–H and O–H groups in total. The second kappa shape index (κ2) is 11.6. The molecule has 2 aromatic rings. The van der Waals surface area contributed by atoms with Crippen LogP contribution in [-0.2, 0) is 32.0 Å². The summed E-state index contributed by atoms with van der Waals surface area (Å²) < 4.78 is 0. The Labute approximate surface area is 182 Å². The smallest absolute Gasteiger partial charge is 0.326 e. The van der Waals surface area contributed by atoms with Crippen LogP contribution < -0.4 is 21.7 Å². The molecule has 2 heterocycles. The number of carboxylic acids is 1. The number of carbonyl (C=O) groups excluding carboxylic acids is 3. The van der Waals surface area contributed by atoms with Gasteiger partial charge in [0.1, 0.15) is 12.1 Å². The Kier molecular flexibility index (Phi) is 8.85. The number of aromatic amines is 2. The average Bonchev–Trinajstić information content (AvgIpc) is 3.43. The van der Waals surface area contributed by atoms with Crippen LogP contribution in [0.25, 0.3) is 0 Å². The molecule has 2 aromatic heterocycles. The van der Waals surface area contributed by atoms with Gasteiger partial charge in [0.25, 0.3) is 0 Å². The fourth-order valence-corrected chi connectivity index (χ4v) is 2.73. The van der Waals surface area contributed by atoms with Crippen LogP contribution in [0.2, 0.25) is 0 Å². The molecule has 0 saturated heterocycles. The van der Waals surface area contributed by atoms with Crippen LogP contribution in [0.5, 0.6) is 0 Å². The van der Waals surface area contributed by atoms with Gasteiger partial charge in [-0.15, -0.1) is 0 Å². The van der Waals surface area contributed by atoms with Gasteiger partial charge >= 0.3 is 5.97 Å². The van der Waals surface area contributed by atoms with Gasteiger partial charge in [-0.25, -0.2) is 14.8 Å². The summed E-state index contributed by atoms with van der Waals surface area (Å²) >= 11 is 0. The van der Waals surface area contributed by atoms with E-state index in [1.807, 2.05) is 0 Å². The SMILES string of the molecule is CC(O)C(NC(=O)C(N)Cc1cnc[nH]1)C(=O)NCC(=O)NC(Cc1cnc[nH]1)C(=O)O. The highest BCUT2D eigenvalue weighted by Crippen LogP contribution is 2.01. The highest BCUT2D eigenvalue weighted by atomic mass is 16.4. The summed E-state index contributed by atoms with van der Waals surface area (Å²) in [4.78, 5) is 61.3. The van der Waals surface area contributed by atoms with Crippen molar-refractivity contribution in [3.8, 4) is 0 Å². The zero-order valence-corrected chi connectivity index (χ0v) is 17.2. The number of H-pyrrole nitrogens is 2. The number of aliphatic hydroxyl groups excluding tert-OH is 1. The minimum absolute atomic E-state index is 0.0321. The number of aliphatic carboxylic acids is 1. The summed E-state index contributed by atoms with van der Waals surface area (Å²) in [5.74, 6) is -3.55. The Morgan fingerprint density at radius 2 is 1.62 bits per heavy atom. The largest absolute Gasteiger partial charge is 0.480 e. The van der Waals surface area contributed by atoms with E-state index in [1.54, 1.807) is 0 Å². The molecule has 3 amide bonds. The number of imidazole rings is 2. The van der Waals surface area contributed by atoms with Crippen molar-refractivity contribution >= 4 is 23.7 Å². The van der Waals surface area contributed by atoms with Gasteiger partial charge in [0.2, 0.25) is 17.7 Å². The molecule has 32 heavy (non-hydrogen) atoms. The summed E-state index contributed by atoms with van der Waals surface area (Å²) in [7, 11) is 0. The van der Waals surface area contributed by atoms with Gasteiger partial charge < -0.3 is 41.9 Å². The van der Waals surface area contributed by atoms with E-state index in [0.717, 1.165) is 0 Å². The fraction of sp³-hybridized carbons (Fsp3) is 0.444. The highest BCUT2D eigenvalue weighted by molar-refractivity contribution is 5.93. The highest BCUT2D eigenvalue weighted by Gasteiger charge is 2.28. The second-order valence-corrected chi connectivity index (χ2v) is 7.07. The molecule has 0 aromatic carbocycles. The van der Waals surface area contributed by atoms with E-state index >= 15 is 0 Å². The van der Waals surface area contributed by atoms with Gasteiger partial charge in [0.05, 0.1) is 31.3 Å². The Balaban J connectivity index is 1.86. The second-order valence-electron chi connectivity index (χ2n) is 7.07. The lowest BCUT2D eigenvalue weighted by atomic mass is 10.1. The number of nitrogens with two attached hydrogens (primary N) is 1. The van der Waals surface area contributed by atoms with E-state index in [2.05, 4.69) is 35.9 Å². The third-order valence-electron chi connectivity index (χ3n) is 4.43. The molecule has 4 atom stereocenters. The molecule has 0 radical (unpaired) electrons. The number of hydrogen-bond acceptors (Lipinski definition) is 8. The summed E-state index contributed by atoms with van der Waals surface area (Å²) in [5.41, 5.74) is 6.94. The zero-order chi connectivity index (χ0) is 23.7. The lowest BCUT2D eigenvalue weighted by Gasteiger charge is -2.22. The van der Waals surface area contributed by atoms with Crippen LogP contribution >= 0.6 is 0 Å². The molecule has 0 aliphatic rings. The molecule has 0 fully saturated rings. The molecule has 174 valence electrons. The lowest BCUT2D eigenvalue weighted by Crippen LogP contribution is -2.57. The summed E-state index contributed by atoms with van der Waals surface area (Å²) in [6.07, 6.45) is 4.56. The minimum Gasteiger partial charge on any atom is -0.480 e. The predicted octanol–water partition coefficient (Wildman–Crippen LogP) is -3.20. The number of hydrogen-bond donors (Lipinski definition) is 8. The molecule has 0 saturated carbocycles. The maximum atomic E-state index is 12.4. The number of rotatable bonds is 12. The van der Waals surface area contributed by atoms with Crippen molar-refractivity contribution in [1.82, 2.24) is 35.9 Å². The predicted molar refractivity (Wildman–Crippen MR) is 109 cm³/mol. The van der Waals surface area contributed by atoms with E-state index in [0.29, 0.717) is 11.4 Å². The summed E-state index contributed by atoms with van der Waals surface area (Å²) in [6, 6.07) is -3.62. The molecule has 14 nitrogen and oxygen atoms in total. The van der Waals surface area contributed by atoms with E-state index in [1.165, 1.54) is 32.0 Å². The molecule has 4 unspecified atom stereocenters. The Hall–Kier alpha value is -3.78. The van der Waals surface area contributed by atoms with Crippen molar-refractivity contribution in [2.24, 2.45) is 5.73 Å². The third-order valence-corrected chi connectivity index (χ3v) is 4.43. The van der Waals surface area contributed by atoms with Crippen LogP contribution in [0.15, 0.2) is 25.0 Å². The van der Waals surface area contributed by atoms with Crippen LogP contribution in [-0.4, -0.2) is 84.6 Å². The molecule has 0 aliphatic heterocycles. The first-order valence-electron chi connectivity index (χ1n) is 9.65. The van der Waals surface area contributed by atoms with Gasteiger partial charge in [-0.3, -0.25) is 14.4 Å². The fourth-order valence-electron chi connectivity index (χ4n) is 2.73. The van der Waals surface area contributed by atoms with Gasteiger partial charge in [-0.2, -0.15) is 0 Å². The molecule has 0 aliphatic carbocycles. The number of carbonyl (C=O) groups is 4. The van der Waals surface area contributed by atoms with E-state index in [4.69, 9.17) is 5.73 Å². The molecular formula is C18H26N8O6. The van der Waals surface area contributed by atoms with Crippen molar-refractivity contribution in [3.05, 3.63) is 36.4 Å². The van der Waals surface area contributed by atoms with Gasteiger partial charge in [0, 0.05) is 36.6 Å². The maximum Gasteiger partial charge on any atom is 0.326 e. The first-order chi connectivity index (χ1) is 15.2. The number of nitrogens with one attached hydrogen (secondary N) is 5. The van der Waals surface area contributed by atoms with E-state index < -0.39 is 54.5 Å². The Morgan fingerprint density at radius 3 is 2.12 bits per heavy atom. The van der Waals surface area contributed by atoms with Gasteiger partial charge in [0.15, 0.2) is 0 Å². The quantitative estimate of drug-likeness (QED) is 0.162. The van der Waals surface area contributed by atoms with Crippen molar-refractivity contribution < 1.29 is 29.4 Å². The Bertz CT molecular complexity index is 899. The van der Waals surface area contributed by atoms with Crippen molar-refractivity contribution in [3.63, 3.8) is 0 Å². The molecular weight excluding hydrogens is 424 g/mol. The summed E-state index contributed by atoms with van der Waals surface area (Å²) in [6.45, 7) is 0.723. The van der Waals surface area contributed by atoms with Crippen molar-refractivity contribution in [2.45, 2.75) is 44.0 Å². The normalized spacial score (nSPS) is 14.6. The number of carboxylic acid groups (broad SMARTS) is 1. The first kappa shape index (κ1) is 24.5. The monoisotopic (exact) mass is 450 g/mol. The van der Waals surface area contributed by atoms with E-state index in [-0.39, 0.29) is 12.8 Å². The summed E-state index contributed by atoms with van der Waals surface area (Å²) in [5, 5.41) is 26.0. The van der Waals surface area contributed by atoms with Crippen molar-refractivity contribution in [2.75, 3.05) is 6.54 Å². The van der Waals surface area contributed by atoms with Gasteiger partial charge in [-0.05, 0) is 6.92 Å². The number of aromatic nitrogens is 4. The van der Waals surface area contributed by atoms with Crippen LogP contribution in [0.3, 0.4) is 0 Å².